The third-order valence-corrected chi connectivity index (χ3v) is 3.48. The van der Waals surface area contributed by atoms with Crippen LogP contribution in [0.5, 0.6) is 0 Å². The van der Waals surface area contributed by atoms with Gasteiger partial charge < -0.3 is 14.7 Å². The predicted octanol–water partition coefficient (Wildman–Crippen LogP) is 1.54. The molecular weight excluding hydrogens is 250 g/mol. The molecule has 1 atom stereocenters. The molecule has 18 heavy (non-hydrogen) atoms. The SMILES string of the molecule is COCC(O)CN(C)C(=O)C=Cc1sccc1C. The second-order valence-corrected chi connectivity index (χ2v) is 5.08. The van der Waals surface area contributed by atoms with Crippen molar-refractivity contribution in [3.05, 3.63) is 28.0 Å². The highest BCUT2D eigenvalue weighted by atomic mass is 32.1. The number of likely N-dealkylation sites (N-methyl/N-ethyl adjacent to an activating group) is 1. The highest BCUT2D eigenvalue weighted by Crippen LogP contribution is 2.17. The number of aryl methyl sites for hydroxylation is 1. The van der Waals surface area contributed by atoms with Crippen LogP contribution in [0.1, 0.15) is 10.4 Å². The molecule has 0 saturated carbocycles. The van der Waals surface area contributed by atoms with E-state index < -0.39 is 6.10 Å². The molecule has 0 fully saturated rings. The van der Waals surface area contributed by atoms with Crippen LogP contribution >= 0.6 is 11.3 Å². The molecule has 0 spiro atoms. The van der Waals surface area contributed by atoms with Gasteiger partial charge in [-0.15, -0.1) is 11.3 Å². The monoisotopic (exact) mass is 269 g/mol. The third-order valence-electron chi connectivity index (χ3n) is 2.50. The van der Waals surface area contributed by atoms with E-state index in [9.17, 15) is 9.90 Å². The fourth-order valence-electron chi connectivity index (χ4n) is 1.48. The summed E-state index contributed by atoms with van der Waals surface area (Å²) >= 11 is 1.60. The summed E-state index contributed by atoms with van der Waals surface area (Å²) < 4.78 is 4.81. The van der Waals surface area contributed by atoms with E-state index in [1.54, 1.807) is 18.4 Å². The van der Waals surface area contributed by atoms with Crippen molar-refractivity contribution < 1.29 is 14.6 Å². The van der Waals surface area contributed by atoms with E-state index in [4.69, 9.17) is 4.74 Å². The smallest absolute Gasteiger partial charge is 0.246 e. The van der Waals surface area contributed by atoms with E-state index in [2.05, 4.69) is 0 Å². The molecule has 1 heterocycles. The van der Waals surface area contributed by atoms with Crippen LogP contribution in [-0.4, -0.2) is 49.3 Å². The molecule has 4 nitrogen and oxygen atoms in total. The molecule has 0 bridgehead atoms. The van der Waals surface area contributed by atoms with E-state index in [1.807, 2.05) is 24.4 Å². The van der Waals surface area contributed by atoms with Crippen LogP contribution in [0.3, 0.4) is 0 Å². The second kappa shape index (κ2) is 7.31. The number of aliphatic hydroxyl groups is 1. The second-order valence-electron chi connectivity index (χ2n) is 4.13. The quantitative estimate of drug-likeness (QED) is 0.797. The molecule has 0 saturated heterocycles. The lowest BCUT2D eigenvalue weighted by atomic mass is 10.2. The number of thiophene rings is 1. The lowest BCUT2D eigenvalue weighted by Gasteiger charge is -2.18. The molecule has 1 rings (SSSR count). The topological polar surface area (TPSA) is 49.8 Å². The van der Waals surface area contributed by atoms with Gasteiger partial charge in [-0.1, -0.05) is 0 Å². The van der Waals surface area contributed by atoms with Gasteiger partial charge in [-0.25, -0.2) is 0 Å². The van der Waals surface area contributed by atoms with E-state index in [0.717, 1.165) is 10.4 Å². The van der Waals surface area contributed by atoms with Crippen LogP contribution < -0.4 is 0 Å². The number of amides is 1. The van der Waals surface area contributed by atoms with Crippen molar-refractivity contribution in [2.75, 3.05) is 27.3 Å². The first-order valence-corrected chi connectivity index (χ1v) is 6.56. The fourth-order valence-corrected chi connectivity index (χ4v) is 2.30. The number of nitrogens with zero attached hydrogens (tertiary/aromatic N) is 1. The van der Waals surface area contributed by atoms with Crippen LogP contribution in [0.15, 0.2) is 17.5 Å². The molecule has 0 aromatic carbocycles. The van der Waals surface area contributed by atoms with Crippen LogP contribution in [0.25, 0.3) is 6.08 Å². The van der Waals surface area contributed by atoms with Crippen LogP contribution in [0, 0.1) is 6.92 Å². The number of carbonyl (C=O) groups is 1. The molecule has 0 aliphatic carbocycles. The summed E-state index contributed by atoms with van der Waals surface area (Å²) in [5, 5.41) is 11.5. The molecule has 0 aliphatic heterocycles. The molecule has 100 valence electrons. The molecule has 0 aliphatic rings. The van der Waals surface area contributed by atoms with Gasteiger partial charge in [0.25, 0.3) is 0 Å². The van der Waals surface area contributed by atoms with Gasteiger partial charge in [-0.2, -0.15) is 0 Å². The van der Waals surface area contributed by atoms with Crippen LogP contribution in [-0.2, 0) is 9.53 Å². The Morgan fingerprint density at radius 2 is 2.39 bits per heavy atom. The summed E-state index contributed by atoms with van der Waals surface area (Å²) in [6.07, 6.45) is 2.68. The lowest BCUT2D eigenvalue weighted by molar-refractivity contribution is -0.126. The summed E-state index contributed by atoms with van der Waals surface area (Å²) in [5.41, 5.74) is 1.16. The van der Waals surface area contributed by atoms with Crippen molar-refractivity contribution in [1.82, 2.24) is 4.90 Å². The Balaban J connectivity index is 2.50. The first-order valence-electron chi connectivity index (χ1n) is 5.69. The van der Waals surface area contributed by atoms with Crippen molar-refractivity contribution in [1.29, 1.82) is 0 Å². The third kappa shape index (κ3) is 4.60. The van der Waals surface area contributed by atoms with Gasteiger partial charge in [0.2, 0.25) is 5.91 Å². The van der Waals surface area contributed by atoms with Crippen molar-refractivity contribution in [2.45, 2.75) is 13.0 Å². The van der Waals surface area contributed by atoms with Crippen molar-refractivity contribution >= 4 is 23.3 Å². The molecule has 1 aromatic heterocycles. The standard InChI is InChI=1S/C13H19NO3S/c1-10-6-7-18-12(10)4-5-13(16)14(2)8-11(15)9-17-3/h4-7,11,15H,8-9H2,1-3H3. The van der Waals surface area contributed by atoms with Crippen molar-refractivity contribution in [2.24, 2.45) is 0 Å². The number of ether oxygens (including phenoxy) is 1. The number of aliphatic hydroxyl groups excluding tert-OH is 1. The Bertz CT molecular complexity index is 414. The summed E-state index contributed by atoms with van der Waals surface area (Å²) in [5.74, 6) is -0.127. The van der Waals surface area contributed by atoms with E-state index in [0.29, 0.717) is 0 Å². The average Bonchev–Trinajstić information content (AvgIpc) is 2.72. The first kappa shape index (κ1) is 14.9. The van der Waals surface area contributed by atoms with Gasteiger partial charge in [-0.3, -0.25) is 4.79 Å². The number of methoxy groups -OCH3 is 1. The minimum atomic E-state index is -0.652. The molecule has 1 unspecified atom stereocenters. The van der Waals surface area contributed by atoms with Crippen molar-refractivity contribution in [3.63, 3.8) is 0 Å². The predicted molar refractivity (Wildman–Crippen MR) is 73.6 cm³/mol. The van der Waals surface area contributed by atoms with Gasteiger partial charge in [0.15, 0.2) is 0 Å². The zero-order chi connectivity index (χ0) is 13.5. The number of carbonyl (C=O) groups excluding carboxylic acids is 1. The molecule has 1 aromatic rings. The minimum Gasteiger partial charge on any atom is -0.389 e. The van der Waals surface area contributed by atoms with Crippen LogP contribution in [0.2, 0.25) is 0 Å². The zero-order valence-electron chi connectivity index (χ0n) is 10.9. The maximum Gasteiger partial charge on any atom is 0.246 e. The van der Waals surface area contributed by atoms with Gasteiger partial charge in [0, 0.05) is 31.7 Å². The molecule has 5 heteroatoms. The van der Waals surface area contributed by atoms with Gasteiger partial charge in [-0.05, 0) is 30.0 Å². The summed E-state index contributed by atoms with van der Waals surface area (Å²) in [6.45, 7) is 2.50. The maximum atomic E-state index is 11.8. The fraction of sp³-hybridized carbons (Fsp3) is 0.462. The summed E-state index contributed by atoms with van der Waals surface area (Å²) in [4.78, 5) is 14.3. The molecule has 1 N–H and O–H groups in total. The maximum absolute atomic E-state index is 11.8. The Morgan fingerprint density at radius 1 is 1.67 bits per heavy atom. The first-order chi connectivity index (χ1) is 8.54. The van der Waals surface area contributed by atoms with E-state index in [1.165, 1.54) is 18.1 Å². The number of hydrogen-bond acceptors (Lipinski definition) is 4. The Labute approximate surface area is 111 Å². The van der Waals surface area contributed by atoms with Gasteiger partial charge >= 0.3 is 0 Å². The Kier molecular flexibility index (Phi) is 6.04. The molecular formula is C13H19NO3S. The van der Waals surface area contributed by atoms with Gasteiger partial charge in [0.05, 0.1) is 12.7 Å². The zero-order valence-corrected chi connectivity index (χ0v) is 11.7. The largest absolute Gasteiger partial charge is 0.389 e. The highest BCUT2D eigenvalue weighted by Gasteiger charge is 2.11. The molecule has 0 radical (unpaired) electrons. The van der Waals surface area contributed by atoms with Crippen molar-refractivity contribution in [3.8, 4) is 0 Å². The van der Waals surface area contributed by atoms with E-state index >= 15 is 0 Å². The normalized spacial score (nSPS) is 12.9. The number of hydrogen-bond donors (Lipinski definition) is 1. The Morgan fingerprint density at radius 3 is 2.94 bits per heavy atom. The van der Waals surface area contributed by atoms with E-state index in [-0.39, 0.29) is 19.1 Å². The summed E-state index contributed by atoms with van der Waals surface area (Å²) in [7, 11) is 3.18. The number of rotatable bonds is 6. The van der Waals surface area contributed by atoms with Gasteiger partial charge in [0.1, 0.15) is 0 Å². The highest BCUT2D eigenvalue weighted by molar-refractivity contribution is 7.11. The Hall–Kier alpha value is -1.17. The minimum absolute atomic E-state index is 0.127. The lowest BCUT2D eigenvalue weighted by Crippen LogP contribution is -2.35. The average molecular weight is 269 g/mol. The van der Waals surface area contributed by atoms with Crippen LogP contribution in [0.4, 0.5) is 0 Å². The molecule has 1 amide bonds. The summed E-state index contributed by atoms with van der Waals surface area (Å²) in [6, 6.07) is 2.01.